The van der Waals surface area contributed by atoms with Gasteiger partial charge in [0.15, 0.2) is 16.9 Å². The third-order valence-corrected chi connectivity index (χ3v) is 2.46. The fourth-order valence-electron chi connectivity index (χ4n) is 1.34. The minimum Gasteiger partial charge on any atom is -0.286 e. The molecule has 0 amide bonds. The van der Waals surface area contributed by atoms with Gasteiger partial charge < -0.3 is 0 Å². The van der Waals surface area contributed by atoms with Gasteiger partial charge in [-0.3, -0.25) is 4.18 Å². The van der Waals surface area contributed by atoms with Crippen LogP contribution < -0.4 is 4.18 Å². The summed E-state index contributed by atoms with van der Waals surface area (Å²) in [5.41, 5.74) is 1.43. The lowest BCUT2D eigenvalue weighted by Crippen LogP contribution is -2.15. The van der Waals surface area contributed by atoms with Crippen LogP contribution in [-0.2, 0) is 16.6 Å². The van der Waals surface area contributed by atoms with E-state index in [1.54, 1.807) is 0 Å². The van der Waals surface area contributed by atoms with Gasteiger partial charge >= 0.3 is 0 Å². The topological polar surface area (TPSA) is 9.23 Å². The Morgan fingerprint density at radius 3 is 2.14 bits per heavy atom. The summed E-state index contributed by atoms with van der Waals surface area (Å²) < 4.78 is 5.80. The fraction of sp³-hybridized carbons (Fsp3) is 0.500. The third kappa shape index (κ3) is 2.95. The maximum Gasteiger partial charge on any atom is 0.191 e. The molecular weight excluding hydrogens is 192 g/mol. The van der Waals surface area contributed by atoms with E-state index in [1.807, 2.05) is 12.1 Å². The van der Waals surface area contributed by atoms with E-state index in [0.717, 1.165) is 5.75 Å². The molecule has 0 unspecified atom stereocenters. The molecule has 0 aromatic heterocycles. The molecule has 1 aromatic rings. The minimum absolute atomic E-state index is 0.0116. The lowest BCUT2D eigenvalue weighted by atomic mass is 9.86. The molecule has 0 bridgehead atoms. The first-order valence-corrected chi connectivity index (χ1v) is 6.73. The molecule has 0 radical (unpaired) electrons. The van der Waals surface area contributed by atoms with Crippen LogP contribution in [0.15, 0.2) is 24.3 Å². The Morgan fingerprint density at radius 1 is 1.07 bits per heavy atom. The largest absolute Gasteiger partial charge is 0.286 e. The highest BCUT2D eigenvalue weighted by Crippen LogP contribution is 2.31. The molecule has 0 fully saturated rings. The highest BCUT2D eigenvalue weighted by Gasteiger charge is 2.21. The Hall–Kier alpha value is -0.630. The maximum absolute atomic E-state index is 5.80. The van der Waals surface area contributed by atoms with Gasteiger partial charge in [0.25, 0.3) is 0 Å². The average Bonchev–Trinajstić information content (AvgIpc) is 2.01. The zero-order valence-electron chi connectivity index (χ0n) is 9.63. The molecule has 0 aliphatic rings. The van der Waals surface area contributed by atoms with Crippen molar-refractivity contribution in [3.05, 3.63) is 29.8 Å². The lowest BCUT2D eigenvalue weighted by molar-refractivity contribution is 0.543. The predicted molar refractivity (Wildman–Crippen MR) is 65.0 cm³/mol. The Balaban J connectivity index is 3.04. The SMILES string of the molecule is C[S+](C)Oc1ccccc1C(C)(C)C. The zero-order chi connectivity index (χ0) is 10.8. The Bertz CT molecular complexity index is 299. The van der Waals surface area contributed by atoms with Crippen LogP contribution in [0.25, 0.3) is 0 Å². The van der Waals surface area contributed by atoms with Crippen molar-refractivity contribution in [2.24, 2.45) is 0 Å². The summed E-state index contributed by atoms with van der Waals surface area (Å²) in [5, 5.41) is 0. The second-order valence-corrected chi connectivity index (χ2v) is 6.22. The second-order valence-electron chi connectivity index (χ2n) is 4.57. The van der Waals surface area contributed by atoms with Crippen LogP contribution in [0.3, 0.4) is 0 Å². The Labute approximate surface area is 90.0 Å². The summed E-state index contributed by atoms with van der Waals surface area (Å²) in [5.74, 6) is 1.02. The van der Waals surface area contributed by atoms with Gasteiger partial charge in [0.05, 0.1) is 0 Å². The van der Waals surface area contributed by atoms with Crippen LogP contribution in [-0.4, -0.2) is 12.5 Å². The van der Waals surface area contributed by atoms with Crippen molar-refractivity contribution in [2.75, 3.05) is 12.5 Å². The van der Waals surface area contributed by atoms with E-state index in [-0.39, 0.29) is 16.6 Å². The number of rotatable bonds is 2. The minimum atomic E-state index is -0.0116. The fourth-order valence-corrected chi connectivity index (χ4v) is 1.84. The van der Waals surface area contributed by atoms with Crippen LogP contribution in [0, 0.1) is 0 Å². The molecule has 0 N–H and O–H groups in total. The van der Waals surface area contributed by atoms with Crippen LogP contribution >= 0.6 is 0 Å². The number of hydrogen-bond acceptors (Lipinski definition) is 1. The van der Waals surface area contributed by atoms with Gasteiger partial charge in [-0.15, -0.1) is 0 Å². The van der Waals surface area contributed by atoms with E-state index < -0.39 is 0 Å². The van der Waals surface area contributed by atoms with Gasteiger partial charge in [-0.2, -0.15) is 0 Å². The highest BCUT2D eigenvalue weighted by atomic mass is 32.2. The maximum atomic E-state index is 5.80. The summed E-state index contributed by atoms with van der Waals surface area (Å²) in [4.78, 5) is 0. The quantitative estimate of drug-likeness (QED) is 0.683. The summed E-state index contributed by atoms with van der Waals surface area (Å²) >= 11 is -0.0116. The molecule has 78 valence electrons. The number of para-hydroxylation sites is 1. The number of benzene rings is 1. The molecule has 0 heterocycles. The smallest absolute Gasteiger partial charge is 0.191 e. The van der Waals surface area contributed by atoms with Crippen molar-refractivity contribution in [1.82, 2.24) is 0 Å². The molecule has 0 aliphatic carbocycles. The summed E-state index contributed by atoms with van der Waals surface area (Å²) in [6.07, 6.45) is 4.17. The van der Waals surface area contributed by atoms with Crippen molar-refractivity contribution >= 4 is 11.2 Å². The molecule has 0 atom stereocenters. The van der Waals surface area contributed by atoms with E-state index in [9.17, 15) is 0 Å². The molecule has 2 heteroatoms. The van der Waals surface area contributed by atoms with Crippen molar-refractivity contribution in [1.29, 1.82) is 0 Å². The first-order valence-electron chi connectivity index (χ1n) is 4.76. The van der Waals surface area contributed by atoms with E-state index >= 15 is 0 Å². The first kappa shape index (κ1) is 11.4. The Kier molecular flexibility index (Phi) is 3.48. The summed E-state index contributed by atoms with van der Waals surface area (Å²) in [6.45, 7) is 6.62. The van der Waals surface area contributed by atoms with Crippen LogP contribution in [0.1, 0.15) is 26.3 Å². The van der Waals surface area contributed by atoms with Gasteiger partial charge in [0, 0.05) is 5.56 Å². The molecule has 0 aliphatic heterocycles. The summed E-state index contributed by atoms with van der Waals surface area (Å²) in [6, 6.07) is 8.28. The van der Waals surface area contributed by atoms with Gasteiger partial charge in [0.1, 0.15) is 12.5 Å². The van der Waals surface area contributed by atoms with E-state index in [2.05, 4.69) is 45.4 Å². The van der Waals surface area contributed by atoms with Gasteiger partial charge in [-0.05, 0) is 11.5 Å². The highest BCUT2D eigenvalue weighted by molar-refractivity contribution is 7.91. The van der Waals surface area contributed by atoms with Crippen molar-refractivity contribution < 1.29 is 4.18 Å². The molecular formula is C12H19OS+. The molecule has 0 saturated heterocycles. The molecule has 0 saturated carbocycles. The molecule has 14 heavy (non-hydrogen) atoms. The molecule has 0 spiro atoms. The number of hydrogen-bond donors (Lipinski definition) is 0. The van der Waals surface area contributed by atoms with Crippen LogP contribution in [0.5, 0.6) is 5.75 Å². The van der Waals surface area contributed by atoms with Gasteiger partial charge in [0.2, 0.25) is 0 Å². The van der Waals surface area contributed by atoms with Crippen LogP contribution in [0.4, 0.5) is 0 Å². The standard InChI is InChI=1S/C12H19OS/c1-12(2,3)10-8-6-7-9-11(10)13-14(4)5/h6-9H,1-5H3/q+1. The molecule has 1 aromatic carbocycles. The average molecular weight is 211 g/mol. The van der Waals surface area contributed by atoms with Crippen molar-refractivity contribution in [3.63, 3.8) is 0 Å². The summed E-state index contributed by atoms with van der Waals surface area (Å²) in [7, 11) is 0. The van der Waals surface area contributed by atoms with Crippen LogP contribution in [0.2, 0.25) is 0 Å². The van der Waals surface area contributed by atoms with E-state index in [1.165, 1.54) is 5.56 Å². The zero-order valence-corrected chi connectivity index (χ0v) is 10.4. The van der Waals surface area contributed by atoms with E-state index in [4.69, 9.17) is 4.18 Å². The predicted octanol–water partition coefficient (Wildman–Crippen LogP) is 3.16. The van der Waals surface area contributed by atoms with Crippen molar-refractivity contribution in [2.45, 2.75) is 26.2 Å². The third-order valence-electron chi connectivity index (χ3n) is 1.95. The van der Waals surface area contributed by atoms with Crippen molar-refractivity contribution in [3.8, 4) is 5.75 Å². The molecule has 1 rings (SSSR count). The monoisotopic (exact) mass is 211 g/mol. The van der Waals surface area contributed by atoms with Gasteiger partial charge in [-0.1, -0.05) is 39.0 Å². The van der Waals surface area contributed by atoms with Gasteiger partial charge in [-0.25, -0.2) is 0 Å². The normalized spacial score (nSPS) is 11.9. The lowest BCUT2D eigenvalue weighted by Gasteiger charge is -2.20. The second kappa shape index (κ2) is 4.26. The molecule has 1 nitrogen and oxygen atoms in total. The first-order chi connectivity index (χ1) is 6.41. The Morgan fingerprint density at radius 2 is 1.64 bits per heavy atom. The van der Waals surface area contributed by atoms with E-state index in [0.29, 0.717) is 0 Å².